The molecule has 4 aromatic rings. The Bertz CT molecular complexity index is 1410. The fourth-order valence-electron chi connectivity index (χ4n) is 4.46. The molecule has 1 saturated heterocycles. The summed E-state index contributed by atoms with van der Waals surface area (Å²) < 4.78 is 26.8. The lowest BCUT2D eigenvalue weighted by Crippen LogP contribution is -2.46. The van der Waals surface area contributed by atoms with E-state index in [1.165, 1.54) is 53.4 Å². The lowest BCUT2D eigenvalue weighted by molar-refractivity contribution is -0.122. The van der Waals surface area contributed by atoms with Crippen LogP contribution in [0.15, 0.2) is 79.0 Å². The molecule has 1 N–H and O–H groups in total. The van der Waals surface area contributed by atoms with Crippen LogP contribution >= 0.6 is 0 Å². The number of amides is 3. The van der Waals surface area contributed by atoms with E-state index in [9.17, 15) is 23.2 Å². The van der Waals surface area contributed by atoms with Crippen LogP contribution in [-0.2, 0) is 16.0 Å². The molecule has 6 nitrogen and oxygen atoms in total. The SMILES string of the molecule is O=C1CC(N(CCc2c[nH]c3ccccc23)C(=O)c2ccc(F)cc2)C(=O)N1c1ccc(F)cc1. The molecule has 176 valence electrons. The molecule has 3 aromatic carbocycles. The molecule has 5 rings (SSSR count). The van der Waals surface area contributed by atoms with E-state index >= 15 is 0 Å². The first-order valence-corrected chi connectivity index (χ1v) is 11.2. The molecule has 1 fully saturated rings. The van der Waals surface area contributed by atoms with Gasteiger partial charge in [-0.1, -0.05) is 18.2 Å². The number of nitrogens with one attached hydrogen (secondary N) is 1. The fraction of sp³-hybridized carbons (Fsp3) is 0.148. The minimum absolute atomic E-state index is 0.166. The number of nitrogens with zero attached hydrogens (tertiary/aromatic N) is 2. The molecular weight excluding hydrogens is 452 g/mol. The average Bonchev–Trinajstić information content (AvgIpc) is 3.40. The van der Waals surface area contributed by atoms with Crippen LogP contribution in [0.4, 0.5) is 14.5 Å². The number of fused-ring (bicyclic) bond motifs is 1. The van der Waals surface area contributed by atoms with Gasteiger partial charge in [0.1, 0.15) is 17.7 Å². The minimum atomic E-state index is -1.03. The highest BCUT2D eigenvalue weighted by atomic mass is 19.1. The molecule has 0 saturated carbocycles. The van der Waals surface area contributed by atoms with Crippen LogP contribution in [0.25, 0.3) is 10.9 Å². The summed E-state index contributed by atoms with van der Waals surface area (Å²) in [5.74, 6) is -2.48. The number of aromatic nitrogens is 1. The van der Waals surface area contributed by atoms with Gasteiger partial charge in [0.05, 0.1) is 12.1 Å². The topological polar surface area (TPSA) is 73.5 Å². The molecule has 0 aliphatic carbocycles. The van der Waals surface area contributed by atoms with E-state index in [2.05, 4.69) is 4.98 Å². The molecule has 3 amide bonds. The number of imide groups is 1. The van der Waals surface area contributed by atoms with E-state index in [1.807, 2.05) is 30.5 Å². The number of aromatic amines is 1. The smallest absolute Gasteiger partial charge is 0.257 e. The predicted octanol–water partition coefficient (Wildman–Crippen LogP) is 4.46. The first-order chi connectivity index (χ1) is 16.9. The monoisotopic (exact) mass is 473 g/mol. The number of hydrogen-bond acceptors (Lipinski definition) is 3. The van der Waals surface area contributed by atoms with Crippen LogP contribution in [0.2, 0.25) is 0 Å². The van der Waals surface area contributed by atoms with E-state index in [-0.39, 0.29) is 24.2 Å². The largest absolute Gasteiger partial charge is 0.361 e. The Morgan fingerprint density at radius 2 is 1.60 bits per heavy atom. The summed E-state index contributed by atoms with van der Waals surface area (Å²) in [7, 11) is 0. The third kappa shape index (κ3) is 4.30. The molecule has 1 aliphatic heterocycles. The van der Waals surface area contributed by atoms with Crippen molar-refractivity contribution in [2.45, 2.75) is 18.9 Å². The van der Waals surface area contributed by atoms with Crippen molar-refractivity contribution in [2.24, 2.45) is 0 Å². The summed E-state index contributed by atoms with van der Waals surface area (Å²) in [4.78, 5) is 45.2. The molecule has 35 heavy (non-hydrogen) atoms. The number of H-pyrrole nitrogens is 1. The van der Waals surface area contributed by atoms with Gasteiger partial charge in [-0.05, 0) is 66.6 Å². The Morgan fingerprint density at radius 1 is 0.943 bits per heavy atom. The van der Waals surface area contributed by atoms with Crippen molar-refractivity contribution in [1.82, 2.24) is 9.88 Å². The van der Waals surface area contributed by atoms with Gasteiger partial charge in [-0.25, -0.2) is 13.7 Å². The highest BCUT2D eigenvalue weighted by molar-refractivity contribution is 6.23. The maximum atomic E-state index is 13.5. The van der Waals surface area contributed by atoms with Gasteiger partial charge in [0.25, 0.3) is 11.8 Å². The molecule has 1 aliphatic rings. The van der Waals surface area contributed by atoms with Gasteiger partial charge in [0.2, 0.25) is 5.91 Å². The second-order valence-electron chi connectivity index (χ2n) is 8.38. The Morgan fingerprint density at radius 3 is 2.31 bits per heavy atom. The zero-order valence-electron chi connectivity index (χ0n) is 18.6. The van der Waals surface area contributed by atoms with Crippen LogP contribution in [-0.4, -0.2) is 40.2 Å². The maximum absolute atomic E-state index is 13.5. The van der Waals surface area contributed by atoms with Gasteiger partial charge in [-0.3, -0.25) is 14.4 Å². The summed E-state index contributed by atoms with van der Waals surface area (Å²) in [5, 5.41) is 1.00. The molecule has 8 heteroatoms. The van der Waals surface area contributed by atoms with E-state index in [0.29, 0.717) is 6.42 Å². The Labute approximate surface area is 199 Å². The van der Waals surface area contributed by atoms with E-state index in [0.717, 1.165) is 21.4 Å². The Kier molecular flexibility index (Phi) is 5.86. The second-order valence-corrected chi connectivity index (χ2v) is 8.38. The quantitative estimate of drug-likeness (QED) is 0.420. The van der Waals surface area contributed by atoms with E-state index < -0.39 is 35.4 Å². The van der Waals surface area contributed by atoms with Gasteiger partial charge >= 0.3 is 0 Å². The molecule has 1 unspecified atom stereocenters. The molecule has 0 bridgehead atoms. The first kappa shape index (κ1) is 22.5. The lowest BCUT2D eigenvalue weighted by Gasteiger charge is -2.28. The van der Waals surface area contributed by atoms with Gasteiger partial charge in [0, 0.05) is 29.2 Å². The van der Waals surface area contributed by atoms with Crippen LogP contribution in [0, 0.1) is 11.6 Å². The van der Waals surface area contributed by atoms with E-state index in [4.69, 9.17) is 0 Å². The summed E-state index contributed by atoms with van der Waals surface area (Å²) >= 11 is 0. The third-order valence-electron chi connectivity index (χ3n) is 6.23. The predicted molar refractivity (Wildman–Crippen MR) is 127 cm³/mol. The number of anilines is 1. The molecular formula is C27H21F2N3O3. The van der Waals surface area contributed by atoms with Gasteiger partial charge < -0.3 is 9.88 Å². The third-order valence-corrected chi connectivity index (χ3v) is 6.23. The second kappa shape index (κ2) is 9.13. The van der Waals surface area contributed by atoms with Crippen molar-refractivity contribution in [2.75, 3.05) is 11.4 Å². The number of benzene rings is 3. The van der Waals surface area contributed by atoms with Crippen molar-refractivity contribution < 1.29 is 23.2 Å². The number of hydrogen-bond donors (Lipinski definition) is 1. The molecule has 2 heterocycles. The number of carbonyl (C=O) groups is 3. The molecule has 1 atom stereocenters. The Hall–Kier alpha value is -4.33. The zero-order valence-corrected chi connectivity index (χ0v) is 18.6. The lowest BCUT2D eigenvalue weighted by atomic mass is 10.1. The number of para-hydroxylation sites is 1. The summed E-state index contributed by atoms with van der Waals surface area (Å²) in [6.07, 6.45) is 2.10. The standard InChI is InChI=1S/C27H21F2N3O3/c28-19-7-5-17(6-8-19)26(34)31(14-13-18-16-30-23-4-2-1-3-22(18)23)24-15-25(33)32(27(24)35)21-11-9-20(29)10-12-21/h1-12,16,24,30H,13-15H2. The average molecular weight is 473 g/mol. The summed E-state index contributed by atoms with van der Waals surface area (Å²) in [6.45, 7) is 0.166. The van der Waals surface area contributed by atoms with Crippen molar-refractivity contribution in [3.63, 3.8) is 0 Å². The Balaban J connectivity index is 1.46. The zero-order chi connectivity index (χ0) is 24.5. The van der Waals surface area contributed by atoms with Crippen LogP contribution in [0.3, 0.4) is 0 Å². The molecule has 0 spiro atoms. The molecule has 0 radical (unpaired) electrons. The number of carbonyl (C=O) groups excluding carboxylic acids is 3. The van der Waals surface area contributed by atoms with Crippen molar-refractivity contribution in [3.8, 4) is 0 Å². The van der Waals surface area contributed by atoms with Crippen molar-refractivity contribution in [3.05, 3.63) is 102 Å². The van der Waals surface area contributed by atoms with Crippen LogP contribution in [0.1, 0.15) is 22.3 Å². The van der Waals surface area contributed by atoms with Crippen LogP contribution < -0.4 is 4.90 Å². The van der Waals surface area contributed by atoms with E-state index in [1.54, 1.807) is 0 Å². The first-order valence-electron chi connectivity index (χ1n) is 11.2. The maximum Gasteiger partial charge on any atom is 0.257 e. The minimum Gasteiger partial charge on any atom is -0.361 e. The van der Waals surface area contributed by atoms with Gasteiger partial charge in [-0.15, -0.1) is 0 Å². The van der Waals surface area contributed by atoms with Crippen molar-refractivity contribution in [1.29, 1.82) is 0 Å². The summed E-state index contributed by atoms with van der Waals surface area (Å²) in [5.41, 5.74) is 2.37. The fourth-order valence-corrected chi connectivity index (χ4v) is 4.46. The molecule has 1 aromatic heterocycles. The number of rotatable bonds is 6. The highest BCUT2D eigenvalue weighted by Gasteiger charge is 2.44. The highest BCUT2D eigenvalue weighted by Crippen LogP contribution is 2.28. The number of halogens is 2. The van der Waals surface area contributed by atoms with Crippen LogP contribution in [0.5, 0.6) is 0 Å². The summed E-state index contributed by atoms with van der Waals surface area (Å²) in [6, 6.07) is 16.8. The van der Waals surface area contributed by atoms with Gasteiger partial charge in [0.15, 0.2) is 0 Å². The normalized spacial score (nSPS) is 15.7. The van der Waals surface area contributed by atoms with Crippen molar-refractivity contribution >= 4 is 34.3 Å². The van der Waals surface area contributed by atoms with Gasteiger partial charge in [-0.2, -0.15) is 0 Å².